The van der Waals surface area contributed by atoms with Gasteiger partial charge in [-0.25, -0.2) is 8.78 Å². The van der Waals surface area contributed by atoms with Crippen LogP contribution in [-0.4, -0.2) is 42.0 Å². The Morgan fingerprint density at radius 2 is 1.88 bits per heavy atom. The lowest BCUT2D eigenvalue weighted by molar-refractivity contribution is -0.140. The van der Waals surface area contributed by atoms with Gasteiger partial charge in [-0.2, -0.15) is 13.2 Å². The second kappa shape index (κ2) is 8.30. The molecule has 5 rings (SSSR count). The van der Waals surface area contributed by atoms with E-state index in [2.05, 4.69) is 5.32 Å². The number of aryl methyl sites for hydroxylation is 1. The van der Waals surface area contributed by atoms with Gasteiger partial charge in [-0.15, -0.1) is 11.3 Å². The smallest absolute Gasteiger partial charge is 0.381 e. The number of benzene rings is 1. The van der Waals surface area contributed by atoms with Crippen molar-refractivity contribution in [3.05, 3.63) is 56.8 Å². The molecule has 182 valence electrons. The van der Waals surface area contributed by atoms with Crippen molar-refractivity contribution >= 4 is 23.2 Å². The number of halogens is 5. The Bertz CT molecular complexity index is 1150. The fourth-order valence-electron chi connectivity index (χ4n) is 4.82. The molecule has 0 radical (unpaired) electrons. The van der Waals surface area contributed by atoms with Crippen LogP contribution in [0.4, 0.5) is 22.0 Å². The first-order chi connectivity index (χ1) is 16.0. The van der Waals surface area contributed by atoms with Crippen LogP contribution in [-0.2, 0) is 15.7 Å². The van der Waals surface area contributed by atoms with Crippen LogP contribution in [0.5, 0.6) is 0 Å². The first kappa shape index (κ1) is 23.2. The van der Waals surface area contributed by atoms with Gasteiger partial charge >= 0.3 is 6.18 Å². The van der Waals surface area contributed by atoms with E-state index in [-0.39, 0.29) is 42.7 Å². The van der Waals surface area contributed by atoms with Gasteiger partial charge < -0.3 is 15.0 Å². The lowest BCUT2D eigenvalue weighted by atomic mass is 9.89. The molecule has 2 aromatic rings. The Morgan fingerprint density at radius 1 is 1.15 bits per heavy atom. The average Bonchev–Trinajstić information content (AvgIpc) is 3.16. The highest BCUT2D eigenvalue weighted by Crippen LogP contribution is 2.49. The SMILES string of the molecule is Cc1ccc(C(=O)N2[C@@H](C(=O)N[C@@H](c3cc(F)c(C(F)(F)F)cc3F)C3COC3)CC3C[C@H]32)s1. The number of carbonyl (C=O) groups excluding carboxylic acids is 2. The summed E-state index contributed by atoms with van der Waals surface area (Å²) in [5, 5.41) is 2.69. The van der Waals surface area contributed by atoms with E-state index >= 15 is 0 Å². The van der Waals surface area contributed by atoms with Gasteiger partial charge in [0.25, 0.3) is 5.91 Å². The molecule has 34 heavy (non-hydrogen) atoms. The van der Waals surface area contributed by atoms with Crippen molar-refractivity contribution < 1.29 is 36.3 Å². The van der Waals surface area contributed by atoms with E-state index in [1.54, 1.807) is 11.0 Å². The zero-order valence-electron chi connectivity index (χ0n) is 18.0. The molecule has 11 heteroatoms. The minimum Gasteiger partial charge on any atom is -0.381 e. The topological polar surface area (TPSA) is 58.6 Å². The summed E-state index contributed by atoms with van der Waals surface area (Å²) >= 11 is 1.33. The number of likely N-dealkylation sites (tertiary alicyclic amines) is 1. The Labute approximate surface area is 195 Å². The van der Waals surface area contributed by atoms with E-state index in [9.17, 15) is 31.5 Å². The third-order valence-corrected chi connectivity index (χ3v) is 7.74. The molecular formula is C23H21F5N2O3S. The Balaban J connectivity index is 1.40. The average molecular weight is 500 g/mol. The standard InChI is InChI=1S/C23H21F5N2O3S/c1-10-2-3-19(34-10)22(32)30-17-4-11(17)5-18(30)21(31)29-20(12-8-33-9-12)13-6-16(25)14(7-15(13)24)23(26,27)28/h2-3,6-7,11-12,17-18,20H,4-5,8-9H2,1H3,(H,29,31)/t11?,17-,18-,20-/m1/s1. The lowest BCUT2D eigenvalue weighted by Gasteiger charge is -2.36. The van der Waals surface area contributed by atoms with Crippen molar-refractivity contribution in [2.24, 2.45) is 11.8 Å². The Kier molecular flexibility index (Phi) is 5.67. The largest absolute Gasteiger partial charge is 0.419 e. The van der Waals surface area contributed by atoms with Crippen LogP contribution >= 0.6 is 11.3 Å². The van der Waals surface area contributed by atoms with E-state index < -0.39 is 47.3 Å². The van der Waals surface area contributed by atoms with Gasteiger partial charge in [0.05, 0.1) is 29.7 Å². The quantitative estimate of drug-likeness (QED) is 0.617. The maximum Gasteiger partial charge on any atom is 0.419 e. The third-order valence-electron chi connectivity index (χ3n) is 6.75. The van der Waals surface area contributed by atoms with Crippen LogP contribution in [0.3, 0.4) is 0 Å². The van der Waals surface area contributed by atoms with Crippen molar-refractivity contribution in [1.82, 2.24) is 10.2 Å². The summed E-state index contributed by atoms with van der Waals surface area (Å²) in [5.74, 6) is -3.90. The van der Waals surface area contributed by atoms with Crippen molar-refractivity contribution in [3.8, 4) is 0 Å². The van der Waals surface area contributed by atoms with Crippen LogP contribution in [0.15, 0.2) is 24.3 Å². The third kappa shape index (κ3) is 4.08. The summed E-state index contributed by atoms with van der Waals surface area (Å²) < 4.78 is 73.0. The Hall–Kier alpha value is -2.53. The fraction of sp³-hybridized carbons (Fsp3) is 0.478. The Morgan fingerprint density at radius 3 is 2.47 bits per heavy atom. The maximum atomic E-state index is 14.7. The van der Waals surface area contributed by atoms with Gasteiger partial charge in [-0.3, -0.25) is 9.59 Å². The molecule has 2 aliphatic heterocycles. The second-order valence-electron chi connectivity index (χ2n) is 9.07. The number of rotatable bonds is 5. The molecule has 5 nitrogen and oxygen atoms in total. The zero-order valence-corrected chi connectivity index (χ0v) is 18.8. The van der Waals surface area contributed by atoms with E-state index in [1.807, 2.05) is 13.0 Å². The van der Waals surface area contributed by atoms with Crippen molar-refractivity contribution in [1.29, 1.82) is 0 Å². The lowest BCUT2D eigenvalue weighted by Crippen LogP contribution is -2.51. The number of fused-ring (bicyclic) bond motifs is 1. The number of hydrogen-bond acceptors (Lipinski definition) is 4. The summed E-state index contributed by atoms with van der Waals surface area (Å²) in [5.41, 5.74) is -2.08. The molecule has 2 saturated heterocycles. The van der Waals surface area contributed by atoms with Gasteiger partial charge in [-0.1, -0.05) is 0 Å². The minimum absolute atomic E-state index is 0.0450. The highest BCUT2D eigenvalue weighted by molar-refractivity contribution is 7.13. The number of ether oxygens (including phenoxy) is 1. The molecule has 1 aromatic heterocycles. The first-order valence-electron chi connectivity index (χ1n) is 10.9. The fourth-order valence-corrected chi connectivity index (χ4v) is 5.63. The number of amides is 2. The molecule has 3 heterocycles. The van der Waals surface area contributed by atoms with Gasteiger partial charge in [0.2, 0.25) is 5.91 Å². The molecule has 3 fully saturated rings. The molecule has 2 amide bonds. The zero-order chi connectivity index (χ0) is 24.4. The molecule has 1 saturated carbocycles. The molecular weight excluding hydrogens is 479 g/mol. The van der Waals surface area contributed by atoms with Crippen LogP contribution in [0.1, 0.15) is 44.6 Å². The minimum atomic E-state index is -5.05. The summed E-state index contributed by atoms with van der Waals surface area (Å²) in [6.45, 7) is 2.15. The highest BCUT2D eigenvalue weighted by Gasteiger charge is 2.56. The summed E-state index contributed by atoms with van der Waals surface area (Å²) in [4.78, 5) is 29.4. The van der Waals surface area contributed by atoms with Crippen molar-refractivity contribution in [2.45, 2.75) is 44.1 Å². The van der Waals surface area contributed by atoms with Crippen molar-refractivity contribution in [2.75, 3.05) is 13.2 Å². The normalized spacial score (nSPS) is 25.0. The molecule has 0 spiro atoms. The molecule has 3 aliphatic rings. The number of nitrogens with zero attached hydrogens (tertiary/aromatic N) is 1. The summed E-state index contributed by atoms with van der Waals surface area (Å²) in [7, 11) is 0. The predicted octanol–water partition coefficient (Wildman–Crippen LogP) is 4.46. The monoisotopic (exact) mass is 500 g/mol. The van der Waals surface area contributed by atoms with Crippen molar-refractivity contribution in [3.63, 3.8) is 0 Å². The van der Waals surface area contributed by atoms with E-state index in [4.69, 9.17) is 4.74 Å². The molecule has 1 aromatic carbocycles. The number of thiophene rings is 1. The van der Waals surface area contributed by atoms with Gasteiger partial charge in [0, 0.05) is 22.4 Å². The molecule has 1 N–H and O–H groups in total. The van der Waals surface area contributed by atoms with E-state index in [0.717, 1.165) is 11.3 Å². The second-order valence-corrected chi connectivity index (χ2v) is 10.4. The summed E-state index contributed by atoms with van der Waals surface area (Å²) in [6.07, 6.45) is -3.80. The van der Waals surface area contributed by atoms with Crippen LogP contribution in [0.25, 0.3) is 0 Å². The predicted molar refractivity (Wildman–Crippen MR) is 112 cm³/mol. The number of piperidine rings is 1. The van der Waals surface area contributed by atoms with Gasteiger partial charge in [-0.05, 0) is 49.9 Å². The number of alkyl halides is 3. The maximum absolute atomic E-state index is 14.7. The van der Waals surface area contributed by atoms with Crippen LogP contribution in [0.2, 0.25) is 0 Å². The first-order valence-corrected chi connectivity index (χ1v) is 11.7. The molecule has 4 atom stereocenters. The van der Waals surface area contributed by atoms with E-state index in [0.29, 0.717) is 17.4 Å². The summed E-state index contributed by atoms with van der Waals surface area (Å²) in [6, 6.07) is 2.22. The number of nitrogens with one attached hydrogen (secondary N) is 1. The van der Waals surface area contributed by atoms with Gasteiger partial charge in [0.1, 0.15) is 17.7 Å². The molecule has 0 bridgehead atoms. The van der Waals surface area contributed by atoms with Crippen LogP contribution < -0.4 is 5.32 Å². The molecule has 1 aliphatic carbocycles. The highest BCUT2D eigenvalue weighted by atomic mass is 32.1. The van der Waals surface area contributed by atoms with Crippen LogP contribution in [0, 0.1) is 30.4 Å². The number of carbonyl (C=O) groups is 2. The number of hydrogen-bond donors (Lipinski definition) is 1. The van der Waals surface area contributed by atoms with Gasteiger partial charge in [0.15, 0.2) is 0 Å². The van der Waals surface area contributed by atoms with E-state index in [1.165, 1.54) is 11.3 Å². The molecule has 1 unspecified atom stereocenters.